The topological polar surface area (TPSA) is 89.5 Å². The Hall–Kier alpha value is -1.83. The molecule has 0 amide bonds. The van der Waals surface area contributed by atoms with E-state index in [1.54, 1.807) is 26.0 Å². The van der Waals surface area contributed by atoms with Gasteiger partial charge in [0.05, 0.1) is 33.0 Å². The first-order valence-electron chi connectivity index (χ1n) is 11.9. The maximum absolute atomic E-state index is 11.5. The zero-order valence-electron chi connectivity index (χ0n) is 23.6. The predicted octanol–water partition coefficient (Wildman–Crippen LogP) is 5.06. The van der Waals surface area contributed by atoms with Crippen LogP contribution in [0.1, 0.15) is 13.8 Å². The Balaban J connectivity index is 0. The molecular formula is C26H48O8Si2. The highest BCUT2D eigenvalue weighted by Gasteiger charge is 2.23. The molecule has 0 aromatic heterocycles. The molecule has 208 valence electrons. The van der Waals surface area contributed by atoms with Gasteiger partial charge in [-0.15, -0.1) is 13.2 Å². The lowest BCUT2D eigenvalue weighted by molar-refractivity contribution is -0.149. The van der Waals surface area contributed by atoms with Crippen molar-refractivity contribution in [3.63, 3.8) is 0 Å². The summed E-state index contributed by atoms with van der Waals surface area (Å²) in [5.74, 6) is -0.815. The Kier molecular flexibility index (Phi) is 19.5. The van der Waals surface area contributed by atoms with E-state index in [0.717, 1.165) is 0 Å². The van der Waals surface area contributed by atoms with Gasteiger partial charge in [0.2, 0.25) is 0 Å². The van der Waals surface area contributed by atoms with Gasteiger partial charge in [-0.2, -0.15) is 0 Å². The largest absolute Gasteiger partial charge is 0.460 e. The van der Waals surface area contributed by atoms with Gasteiger partial charge in [0.25, 0.3) is 0 Å². The molecule has 0 saturated heterocycles. The molecule has 0 aliphatic carbocycles. The van der Waals surface area contributed by atoms with Crippen molar-refractivity contribution in [1.82, 2.24) is 0 Å². The summed E-state index contributed by atoms with van der Waals surface area (Å²) in [5, 5.41) is 0. The van der Waals surface area contributed by atoms with Crippen LogP contribution in [0.4, 0.5) is 0 Å². The average Bonchev–Trinajstić information content (AvgIpc) is 2.74. The zero-order chi connectivity index (χ0) is 28.4. The summed E-state index contributed by atoms with van der Waals surface area (Å²) >= 11 is 0. The Morgan fingerprint density at radius 3 is 1.58 bits per heavy atom. The molecule has 10 heteroatoms. The number of carbonyl (C=O) groups is 2. The molecule has 0 aliphatic rings. The van der Waals surface area contributed by atoms with E-state index in [9.17, 15) is 9.59 Å². The third kappa shape index (κ3) is 23.9. The van der Waals surface area contributed by atoms with Crippen LogP contribution in [0.15, 0.2) is 49.6 Å². The van der Waals surface area contributed by atoms with E-state index in [-0.39, 0.29) is 12.7 Å². The third-order valence-electron chi connectivity index (χ3n) is 3.67. The van der Waals surface area contributed by atoms with Crippen LogP contribution in [0, 0.1) is 0 Å². The van der Waals surface area contributed by atoms with Gasteiger partial charge in [-0.3, -0.25) is 0 Å². The quantitative estimate of drug-likeness (QED) is 0.0778. The van der Waals surface area contributed by atoms with Gasteiger partial charge in [-0.1, -0.05) is 25.3 Å². The van der Waals surface area contributed by atoms with Gasteiger partial charge in [-0.05, 0) is 53.1 Å². The monoisotopic (exact) mass is 544 g/mol. The first-order chi connectivity index (χ1) is 16.5. The second kappa shape index (κ2) is 19.3. The lowest BCUT2D eigenvalue weighted by atomic mass is 10.3. The van der Waals surface area contributed by atoms with E-state index in [4.69, 9.17) is 27.8 Å². The summed E-state index contributed by atoms with van der Waals surface area (Å²) < 4.78 is 32.6. The van der Waals surface area contributed by atoms with E-state index >= 15 is 0 Å². The Morgan fingerprint density at radius 2 is 1.19 bits per heavy atom. The number of carbonyl (C=O) groups excluding carboxylic acids is 2. The van der Waals surface area contributed by atoms with E-state index < -0.39 is 34.7 Å². The van der Waals surface area contributed by atoms with Gasteiger partial charge < -0.3 is 27.8 Å². The van der Waals surface area contributed by atoms with E-state index in [1.165, 1.54) is 0 Å². The Bertz CT molecular complexity index is 708. The molecule has 0 aromatic carbocycles. The standard InChI is InChI=1S/2C13H24O4Si/c1-7-8-15-9-12(10-16-18(4,5)6)17-13(14)11(2)3;1-7-8-15-9-12(17-18(4,5)6)10-16-13(14)11(2)3/h2*7,12H,1-2,8-10H2,3-6H3. The molecule has 0 radical (unpaired) electrons. The van der Waals surface area contributed by atoms with Crippen molar-refractivity contribution in [2.45, 2.75) is 65.3 Å². The average molecular weight is 545 g/mol. The third-order valence-corrected chi connectivity index (χ3v) is 5.75. The molecule has 0 heterocycles. The molecule has 0 bridgehead atoms. The lowest BCUT2D eigenvalue weighted by Crippen LogP contribution is -2.38. The minimum Gasteiger partial charge on any atom is -0.460 e. The highest BCUT2D eigenvalue weighted by Crippen LogP contribution is 2.10. The number of hydrogen-bond acceptors (Lipinski definition) is 8. The molecule has 0 aliphatic heterocycles. The van der Waals surface area contributed by atoms with Crippen LogP contribution in [0.2, 0.25) is 39.3 Å². The van der Waals surface area contributed by atoms with Crippen molar-refractivity contribution in [2.75, 3.05) is 39.6 Å². The van der Waals surface area contributed by atoms with E-state index in [2.05, 4.69) is 65.6 Å². The second-order valence-corrected chi connectivity index (χ2v) is 19.1. The Labute approximate surface area is 220 Å². The van der Waals surface area contributed by atoms with Crippen LogP contribution < -0.4 is 0 Å². The van der Waals surface area contributed by atoms with Crippen LogP contribution in [0.25, 0.3) is 0 Å². The number of rotatable bonds is 18. The van der Waals surface area contributed by atoms with Gasteiger partial charge in [0.1, 0.15) is 18.8 Å². The smallest absolute Gasteiger partial charge is 0.333 e. The summed E-state index contributed by atoms with van der Waals surface area (Å²) in [5.41, 5.74) is 0.755. The van der Waals surface area contributed by atoms with Crippen LogP contribution in [0.3, 0.4) is 0 Å². The summed E-state index contributed by atoms with van der Waals surface area (Å²) in [4.78, 5) is 22.8. The van der Waals surface area contributed by atoms with Gasteiger partial charge in [-0.25, -0.2) is 9.59 Å². The van der Waals surface area contributed by atoms with E-state index in [1.807, 2.05) is 0 Å². The van der Waals surface area contributed by atoms with Crippen molar-refractivity contribution >= 4 is 28.6 Å². The number of esters is 2. The second-order valence-electron chi connectivity index (χ2n) is 10.1. The van der Waals surface area contributed by atoms with Crippen molar-refractivity contribution < 1.29 is 37.4 Å². The highest BCUT2D eigenvalue weighted by molar-refractivity contribution is 6.70. The van der Waals surface area contributed by atoms with Crippen molar-refractivity contribution in [3.05, 3.63) is 49.6 Å². The first kappa shape index (κ1) is 36.3. The minimum absolute atomic E-state index is 0.188. The predicted molar refractivity (Wildman–Crippen MR) is 150 cm³/mol. The van der Waals surface area contributed by atoms with Crippen LogP contribution >= 0.6 is 0 Å². The van der Waals surface area contributed by atoms with Crippen molar-refractivity contribution in [3.8, 4) is 0 Å². The molecule has 0 saturated carbocycles. The summed E-state index contributed by atoms with van der Waals surface area (Å²) in [6, 6.07) is 0. The van der Waals surface area contributed by atoms with Crippen LogP contribution in [-0.2, 0) is 37.4 Å². The molecule has 0 fully saturated rings. The normalized spacial score (nSPS) is 12.9. The summed E-state index contributed by atoms with van der Waals surface area (Å²) in [6.45, 7) is 32.0. The minimum atomic E-state index is -1.70. The molecular weight excluding hydrogens is 496 g/mol. The summed E-state index contributed by atoms with van der Waals surface area (Å²) in [6.07, 6.45) is 2.68. The molecule has 8 nitrogen and oxygen atoms in total. The molecule has 0 N–H and O–H groups in total. The van der Waals surface area contributed by atoms with Crippen LogP contribution in [-0.4, -0.2) is 80.4 Å². The molecule has 2 unspecified atom stereocenters. The van der Waals surface area contributed by atoms with Gasteiger partial charge in [0, 0.05) is 11.1 Å². The first-order valence-corrected chi connectivity index (χ1v) is 18.7. The zero-order valence-corrected chi connectivity index (χ0v) is 25.6. The van der Waals surface area contributed by atoms with Gasteiger partial charge in [0.15, 0.2) is 16.6 Å². The summed E-state index contributed by atoms with van der Waals surface area (Å²) in [7, 11) is -3.33. The maximum atomic E-state index is 11.5. The fourth-order valence-corrected chi connectivity index (χ4v) is 4.01. The van der Waals surface area contributed by atoms with Gasteiger partial charge >= 0.3 is 11.9 Å². The Morgan fingerprint density at radius 1 is 0.722 bits per heavy atom. The maximum Gasteiger partial charge on any atom is 0.333 e. The van der Waals surface area contributed by atoms with E-state index in [0.29, 0.717) is 44.2 Å². The molecule has 36 heavy (non-hydrogen) atoms. The lowest BCUT2D eigenvalue weighted by Gasteiger charge is -2.26. The molecule has 0 aromatic rings. The molecule has 0 spiro atoms. The van der Waals surface area contributed by atoms with Crippen LogP contribution in [0.5, 0.6) is 0 Å². The molecule has 0 rings (SSSR count). The molecule has 2 atom stereocenters. The number of hydrogen-bond donors (Lipinski definition) is 0. The van der Waals surface area contributed by atoms with Crippen molar-refractivity contribution in [1.29, 1.82) is 0 Å². The fourth-order valence-electron chi connectivity index (χ4n) is 2.18. The van der Waals surface area contributed by atoms with Crippen molar-refractivity contribution in [2.24, 2.45) is 0 Å². The highest BCUT2D eigenvalue weighted by atomic mass is 28.4. The number of ether oxygens (including phenoxy) is 4. The SMILES string of the molecule is C=CCOCC(COC(=O)C(=C)C)O[Si](C)(C)C.C=CCOCC(CO[Si](C)(C)C)OC(=O)C(=C)C. The fraction of sp³-hybridized carbons (Fsp3) is 0.615.